The van der Waals surface area contributed by atoms with E-state index in [0.717, 1.165) is 32.8 Å². The van der Waals surface area contributed by atoms with Crippen LogP contribution in [0.3, 0.4) is 0 Å². The van der Waals surface area contributed by atoms with Gasteiger partial charge in [0.1, 0.15) is 5.82 Å². The first-order valence-electron chi connectivity index (χ1n) is 8.65. The maximum Gasteiger partial charge on any atom is 0.226 e. The number of halogens is 1. The highest BCUT2D eigenvalue weighted by atomic mass is 19.1. The maximum atomic E-state index is 13.6. The van der Waals surface area contributed by atoms with Gasteiger partial charge in [0.2, 0.25) is 11.8 Å². The van der Waals surface area contributed by atoms with E-state index in [1.165, 1.54) is 12.1 Å². The van der Waals surface area contributed by atoms with Crippen molar-refractivity contribution in [1.29, 1.82) is 0 Å². The quantitative estimate of drug-likeness (QED) is 0.854. The number of benzene rings is 1. The highest BCUT2D eigenvalue weighted by Crippen LogP contribution is 2.37. The minimum Gasteiger partial charge on any atom is -0.379 e. The summed E-state index contributed by atoms with van der Waals surface area (Å²) < 4.78 is 18.9. The van der Waals surface area contributed by atoms with Crippen LogP contribution in [-0.2, 0) is 14.3 Å². The molecule has 1 aromatic carbocycles. The fourth-order valence-electron chi connectivity index (χ4n) is 3.54. The molecular weight excluding hydrogens is 325 g/mol. The Morgan fingerprint density at radius 3 is 2.84 bits per heavy atom. The molecule has 0 bridgehead atoms. The van der Waals surface area contributed by atoms with Crippen molar-refractivity contribution in [3.05, 3.63) is 35.6 Å². The van der Waals surface area contributed by atoms with Gasteiger partial charge in [0, 0.05) is 39.6 Å². The molecule has 25 heavy (non-hydrogen) atoms. The summed E-state index contributed by atoms with van der Waals surface area (Å²) in [5, 5.41) is 2.93. The second kappa shape index (κ2) is 7.93. The van der Waals surface area contributed by atoms with Crippen LogP contribution < -0.4 is 5.32 Å². The average molecular weight is 349 g/mol. The normalized spacial score (nSPS) is 24.6. The lowest BCUT2D eigenvalue weighted by atomic mass is 9.93. The van der Waals surface area contributed by atoms with E-state index in [0.29, 0.717) is 12.1 Å². The number of morpholine rings is 1. The number of carbonyl (C=O) groups excluding carboxylic acids is 2. The number of carbonyl (C=O) groups is 2. The summed E-state index contributed by atoms with van der Waals surface area (Å²) >= 11 is 0. The van der Waals surface area contributed by atoms with Gasteiger partial charge in [0.05, 0.1) is 25.2 Å². The monoisotopic (exact) mass is 349 g/mol. The third-order valence-corrected chi connectivity index (χ3v) is 4.94. The Labute approximate surface area is 146 Å². The van der Waals surface area contributed by atoms with Crippen LogP contribution in [0, 0.1) is 11.7 Å². The predicted molar refractivity (Wildman–Crippen MR) is 90.3 cm³/mol. The molecular formula is C18H24FN3O3. The fourth-order valence-corrected chi connectivity index (χ4v) is 3.54. The maximum absolute atomic E-state index is 13.6. The van der Waals surface area contributed by atoms with Gasteiger partial charge < -0.3 is 15.0 Å². The minimum atomic E-state index is -0.496. The van der Waals surface area contributed by atoms with Crippen molar-refractivity contribution in [2.24, 2.45) is 5.92 Å². The van der Waals surface area contributed by atoms with E-state index in [-0.39, 0.29) is 24.1 Å². The van der Waals surface area contributed by atoms with Crippen LogP contribution in [0.5, 0.6) is 0 Å². The van der Waals surface area contributed by atoms with Gasteiger partial charge in [0.25, 0.3) is 0 Å². The molecule has 2 aliphatic heterocycles. The zero-order chi connectivity index (χ0) is 17.8. The van der Waals surface area contributed by atoms with Gasteiger partial charge in [-0.15, -0.1) is 0 Å². The molecule has 1 N–H and O–H groups in total. The topological polar surface area (TPSA) is 61.9 Å². The third-order valence-electron chi connectivity index (χ3n) is 4.94. The number of amides is 2. The van der Waals surface area contributed by atoms with E-state index >= 15 is 0 Å². The third kappa shape index (κ3) is 4.16. The Balaban J connectivity index is 1.62. The molecule has 2 aliphatic rings. The molecule has 7 heteroatoms. The first-order chi connectivity index (χ1) is 12.1. The number of likely N-dealkylation sites (tertiary alicyclic amines) is 1. The first kappa shape index (κ1) is 17.8. The molecule has 0 aliphatic carbocycles. The second-order valence-corrected chi connectivity index (χ2v) is 6.56. The molecule has 6 nitrogen and oxygen atoms in total. The van der Waals surface area contributed by atoms with E-state index in [1.807, 2.05) is 0 Å². The van der Waals surface area contributed by atoms with Gasteiger partial charge >= 0.3 is 0 Å². The van der Waals surface area contributed by atoms with Gasteiger partial charge in [-0.3, -0.25) is 14.5 Å². The van der Waals surface area contributed by atoms with Crippen LogP contribution in [0.2, 0.25) is 0 Å². The molecule has 0 spiro atoms. The lowest BCUT2D eigenvalue weighted by Crippen LogP contribution is -2.43. The summed E-state index contributed by atoms with van der Waals surface area (Å²) in [6.45, 7) is 4.47. The van der Waals surface area contributed by atoms with Crippen LogP contribution in [-0.4, -0.2) is 68.1 Å². The van der Waals surface area contributed by atoms with E-state index in [4.69, 9.17) is 4.74 Å². The van der Waals surface area contributed by atoms with Gasteiger partial charge in [-0.05, 0) is 17.7 Å². The van der Waals surface area contributed by atoms with E-state index < -0.39 is 12.0 Å². The lowest BCUT2D eigenvalue weighted by molar-refractivity contribution is -0.128. The molecule has 136 valence electrons. The first-order valence-corrected chi connectivity index (χ1v) is 8.65. The molecule has 2 fully saturated rings. The van der Waals surface area contributed by atoms with Crippen LogP contribution in [0.25, 0.3) is 0 Å². The fraction of sp³-hybridized carbons (Fsp3) is 0.556. The summed E-state index contributed by atoms with van der Waals surface area (Å²) in [5.74, 6) is -1.11. The summed E-state index contributed by atoms with van der Waals surface area (Å²) in [5.41, 5.74) is 0.654. The van der Waals surface area contributed by atoms with E-state index in [2.05, 4.69) is 10.2 Å². The number of hydrogen-bond donors (Lipinski definition) is 1. The van der Waals surface area contributed by atoms with Gasteiger partial charge in [-0.1, -0.05) is 12.1 Å². The molecule has 2 heterocycles. The molecule has 2 saturated heterocycles. The minimum absolute atomic E-state index is 0.0948. The number of nitrogens with one attached hydrogen (secondary N) is 1. The van der Waals surface area contributed by atoms with Crippen LogP contribution in [0.15, 0.2) is 24.3 Å². The molecule has 3 rings (SSSR count). The number of nitrogens with zero attached hydrogens (tertiary/aromatic N) is 2. The molecule has 2 amide bonds. The van der Waals surface area contributed by atoms with Crippen LogP contribution in [0.4, 0.5) is 4.39 Å². The Morgan fingerprint density at radius 1 is 1.36 bits per heavy atom. The highest BCUT2D eigenvalue weighted by molar-refractivity contribution is 5.90. The van der Waals surface area contributed by atoms with Crippen molar-refractivity contribution in [2.75, 3.05) is 46.4 Å². The molecule has 0 radical (unpaired) electrons. The van der Waals surface area contributed by atoms with Crippen molar-refractivity contribution in [3.8, 4) is 0 Å². The number of rotatable bonds is 5. The van der Waals surface area contributed by atoms with Crippen molar-refractivity contribution in [3.63, 3.8) is 0 Å². The lowest BCUT2D eigenvalue weighted by Gasteiger charge is -2.27. The summed E-state index contributed by atoms with van der Waals surface area (Å²) in [4.78, 5) is 28.5. The van der Waals surface area contributed by atoms with Crippen molar-refractivity contribution >= 4 is 11.8 Å². The predicted octanol–water partition coefficient (Wildman–Crippen LogP) is 0.794. The molecule has 0 unspecified atom stereocenters. The zero-order valence-corrected chi connectivity index (χ0v) is 14.4. The Bertz CT molecular complexity index is 634. The summed E-state index contributed by atoms with van der Waals surface area (Å²) in [6, 6.07) is 5.70. The van der Waals surface area contributed by atoms with Crippen LogP contribution >= 0.6 is 0 Å². The largest absolute Gasteiger partial charge is 0.379 e. The van der Waals surface area contributed by atoms with Crippen molar-refractivity contribution in [1.82, 2.24) is 15.1 Å². The SMILES string of the molecule is CN1C(=O)C[C@H](C(=O)NCCN2CCOCC2)[C@H]1c1cccc(F)c1. The average Bonchev–Trinajstić information content (AvgIpc) is 2.91. The molecule has 2 atom stereocenters. The van der Waals surface area contributed by atoms with E-state index in [9.17, 15) is 14.0 Å². The van der Waals surface area contributed by atoms with Gasteiger partial charge in [-0.25, -0.2) is 4.39 Å². The molecule has 0 aromatic heterocycles. The van der Waals surface area contributed by atoms with Gasteiger partial charge in [0.15, 0.2) is 0 Å². The Hall–Kier alpha value is -1.99. The van der Waals surface area contributed by atoms with E-state index in [1.54, 1.807) is 24.1 Å². The van der Waals surface area contributed by atoms with Crippen LogP contribution in [0.1, 0.15) is 18.0 Å². The van der Waals surface area contributed by atoms with Gasteiger partial charge in [-0.2, -0.15) is 0 Å². The Morgan fingerprint density at radius 2 is 2.12 bits per heavy atom. The second-order valence-electron chi connectivity index (χ2n) is 6.56. The van der Waals surface area contributed by atoms with Crippen molar-refractivity contribution < 1.29 is 18.7 Å². The number of ether oxygens (including phenoxy) is 1. The molecule has 0 saturated carbocycles. The molecule has 1 aromatic rings. The summed E-state index contributed by atoms with van der Waals surface area (Å²) in [7, 11) is 1.67. The smallest absolute Gasteiger partial charge is 0.226 e. The Kier molecular flexibility index (Phi) is 5.65. The highest BCUT2D eigenvalue weighted by Gasteiger charge is 2.42. The van der Waals surface area contributed by atoms with Crippen molar-refractivity contribution in [2.45, 2.75) is 12.5 Å². The zero-order valence-electron chi connectivity index (χ0n) is 14.4. The summed E-state index contributed by atoms with van der Waals surface area (Å²) in [6.07, 6.45) is 0.154. The number of hydrogen-bond acceptors (Lipinski definition) is 4. The standard InChI is InChI=1S/C18H24FN3O3/c1-21-16(23)12-15(17(21)13-3-2-4-14(19)11-13)18(24)20-5-6-22-7-9-25-10-8-22/h2-4,11,15,17H,5-10,12H2,1H3,(H,20,24)/t15-,17+/m0/s1.